The lowest BCUT2D eigenvalue weighted by Gasteiger charge is -2.19. The van der Waals surface area contributed by atoms with Crippen LogP contribution >= 0.6 is 0 Å². The Morgan fingerprint density at radius 3 is 2.24 bits per heavy atom. The summed E-state index contributed by atoms with van der Waals surface area (Å²) in [7, 11) is 1.86. The number of rotatable bonds is 9. The zero-order valence-corrected chi connectivity index (χ0v) is 18.9. The van der Waals surface area contributed by atoms with Gasteiger partial charge in [-0.25, -0.2) is 4.79 Å². The molecule has 0 fully saturated rings. The minimum absolute atomic E-state index is 0.0432. The lowest BCUT2D eigenvalue weighted by Crippen LogP contribution is -2.47. The Morgan fingerprint density at radius 1 is 1.00 bits per heavy atom. The Kier molecular flexibility index (Phi) is 6.96. The largest absolute Gasteiger partial charge is 0.481 e. The number of carboxylic acids is 1. The second-order valence-corrected chi connectivity index (χ2v) is 8.28. The second kappa shape index (κ2) is 10.2. The van der Waals surface area contributed by atoms with Crippen LogP contribution in [0.4, 0.5) is 4.79 Å². The summed E-state index contributed by atoms with van der Waals surface area (Å²) in [6, 6.07) is 18.7. The number of benzene rings is 2. The van der Waals surface area contributed by atoms with E-state index in [2.05, 4.69) is 10.6 Å². The van der Waals surface area contributed by atoms with E-state index in [4.69, 9.17) is 9.84 Å². The number of alkyl carbamates (subject to hydrolysis) is 1. The molecular formula is C26H27N3O5. The molecular weight excluding hydrogens is 434 g/mol. The molecule has 1 atom stereocenters. The summed E-state index contributed by atoms with van der Waals surface area (Å²) in [6.45, 7) is 0.370. The lowest BCUT2D eigenvalue weighted by atomic mass is 9.98. The van der Waals surface area contributed by atoms with Crippen LogP contribution in [0.3, 0.4) is 0 Å². The Labute approximate surface area is 197 Å². The number of nitrogens with one attached hydrogen (secondary N) is 2. The third-order valence-electron chi connectivity index (χ3n) is 6.09. The molecule has 176 valence electrons. The minimum Gasteiger partial charge on any atom is -0.481 e. The van der Waals surface area contributed by atoms with Crippen LogP contribution in [0.15, 0.2) is 66.9 Å². The minimum atomic E-state index is -1.05. The van der Waals surface area contributed by atoms with Gasteiger partial charge in [0, 0.05) is 31.3 Å². The van der Waals surface area contributed by atoms with Crippen LogP contribution in [0.5, 0.6) is 0 Å². The summed E-state index contributed by atoms with van der Waals surface area (Å²) < 4.78 is 7.38. The van der Waals surface area contributed by atoms with Gasteiger partial charge in [0.05, 0.1) is 6.54 Å². The van der Waals surface area contributed by atoms with E-state index in [1.54, 1.807) is 0 Å². The maximum atomic E-state index is 12.7. The zero-order valence-electron chi connectivity index (χ0n) is 18.9. The highest BCUT2D eigenvalue weighted by Gasteiger charge is 2.30. The van der Waals surface area contributed by atoms with Crippen molar-refractivity contribution in [2.24, 2.45) is 7.05 Å². The standard InChI is InChI=1S/C26H27N3O5/c1-29-14-6-7-17(29)15-27-25(32)23(12-13-24(30)31)28-26(33)34-16-22-20-10-4-2-8-18(20)19-9-3-5-11-21(19)22/h2-11,14,22-23H,12-13,15-16H2,1H3,(H,27,32)(H,28,33)(H,30,31). The van der Waals surface area contributed by atoms with Crippen molar-refractivity contribution in [1.29, 1.82) is 0 Å². The average molecular weight is 462 g/mol. The molecule has 34 heavy (non-hydrogen) atoms. The fourth-order valence-electron chi connectivity index (χ4n) is 4.30. The molecule has 8 heteroatoms. The molecule has 4 rings (SSSR count). The molecule has 1 aromatic heterocycles. The highest BCUT2D eigenvalue weighted by molar-refractivity contribution is 5.86. The molecule has 0 saturated carbocycles. The van der Waals surface area contributed by atoms with Gasteiger partial charge in [0.2, 0.25) is 5.91 Å². The number of carboxylic acid groups (broad SMARTS) is 1. The van der Waals surface area contributed by atoms with Gasteiger partial charge >= 0.3 is 12.1 Å². The van der Waals surface area contributed by atoms with E-state index in [0.717, 1.165) is 27.9 Å². The SMILES string of the molecule is Cn1cccc1CNC(=O)C(CCC(=O)O)NC(=O)OCC1c2ccccc2-c2ccccc21. The summed E-state index contributed by atoms with van der Waals surface area (Å²) in [6.07, 6.45) is 0.800. The number of carbonyl (C=O) groups is 3. The fourth-order valence-corrected chi connectivity index (χ4v) is 4.30. The summed E-state index contributed by atoms with van der Waals surface area (Å²) in [5.74, 6) is -1.62. The summed E-state index contributed by atoms with van der Waals surface area (Å²) in [5, 5.41) is 14.3. The summed E-state index contributed by atoms with van der Waals surface area (Å²) in [5.41, 5.74) is 5.28. The number of fused-ring (bicyclic) bond motifs is 3. The Balaban J connectivity index is 1.39. The molecule has 0 spiro atoms. The molecule has 2 amide bonds. The van der Waals surface area contributed by atoms with Gasteiger partial charge in [-0.15, -0.1) is 0 Å². The van der Waals surface area contributed by atoms with E-state index >= 15 is 0 Å². The van der Waals surface area contributed by atoms with Crippen molar-refractivity contribution in [3.8, 4) is 11.1 Å². The van der Waals surface area contributed by atoms with Crippen LogP contribution in [0.1, 0.15) is 35.6 Å². The van der Waals surface area contributed by atoms with Crippen molar-refractivity contribution >= 4 is 18.0 Å². The van der Waals surface area contributed by atoms with E-state index in [9.17, 15) is 14.4 Å². The zero-order chi connectivity index (χ0) is 24.1. The van der Waals surface area contributed by atoms with Crippen molar-refractivity contribution in [1.82, 2.24) is 15.2 Å². The van der Waals surface area contributed by atoms with Crippen LogP contribution in [0.25, 0.3) is 11.1 Å². The number of ether oxygens (including phenoxy) is 1. The molecule has 1 heterocycles. The number of aliphatic carboxylic acids is 1. The molecule has 1 unspecified atom stereocenters. The number of aromatic nitrogens is 1. The maximum Gasteiger partial charge on any atom is 0.407 e. The van der Waals surface area contributed by atoms with Crippen LogP contribution in [-0.4, -0.2) is 40.3 Å². The normalized spacial score (nSPS) is 13.0. The van der Waals surface area contributed by atoms with E-state index in [1.165, 1.54) is 0 Å². The smallest absolute Gasteiger partial charge is 0.407 e. The first-order valence-corrected chi connectivity index (χ1v) is 11.1. The van der Waals surface area contributed by atoms with Crippen molar-refractivity contribution < 1.29 is 24.2 Å². The van der Waals surface area contributed by atoms with Gasteiger partial charge in [-0.3, -0.25) is 9.59 Å². The van der Waals surface area contributed by atoms with E-state index in [0.29, 0.717) is 0 Å². The monoisotopic (exact) mass is 461 g/mol. The highest BCUT2D eigenvalue weighted by Crippen LogP contribution is 2.44. The predicted molar refractivity (Wildman–Crippen MR) is 126 cm³/mol. The third kappa shape index (κ3) is 5.11. The fraction of sp³-hybridized carbons (Fsp3) is 0.269. The molecule has 0 aliphatic heterocycles. The van der Waals surface area contributed by atoms with Gasteiger partial charge in [-0.2, -0.15) is 0 Å². The average Bonchev–Trinajstić information content (AvgIpc) is 3.39. The maximum absolute atomic E-state index is 12.7. The third-order valence-corrected chi connectivity index (χ3v) is 6.09. The number of hydrogen-bond acceptors (Lipinski definition) is 4. The molecule has 8 nitrogen and oxygen atoms in total. The molecule has 1 aliphatic carbocycles. The molecule has 0 bridgehead atoms. The van der Waals surface area contributed by atoms with Gasteiger partial charge in [0.25, 0.3) is 0 Å². The second-order valence-electron chi connectivity index (χ2n) is 8.28. The van der Waals surface area contributed by atoms with Crippen LogP contribution in [0.2, 0.25) is 0 Å². The van der Waals surface area contributed by atoms with E-state index in [-0.39, 0.29) is 31.9 Å². The first-order valence-electron chi connectivity index (χ1n) is 11.1. The molecule has 2 aromatic carbocycles. The van der Waals surface area contributed by atoms with Gasteiger partial charge < -0.3 is 25.0 Å². The molecule has 3 N–H and O–H groups in total. The lowest BCUT2D eigenvalue weighted by molar-refractivity contribution is -0.137. The number of aryl methyl sites for hydroxylation is 1. The first kappa shape index (κ1) is 23.1. The van der Waals surface area contributed by atoms with Crippen molar-refractivity contribution in [2.75, 3.05) is 6.61 Å². The van der Waals surface area contributed by atoms with Crippen molar-refractivity contribution in [3.63, 3.8) is 0 Å². The molecule has 0 radical (unpaired) electrons. The van der Waals surface area contributed by atoms with Crippen molar-refractivity contribution in [3.05, 3.63) is 83.7 Å². The van der Waals surface area contributed by atoms with Crippen molar-refractivity contribution in [2.45, 2.75) is 31.3 Å². The predicted octanol–water partition coefficient (Wildman–Crippen LogP) is 3.41. The molecule has 3 aromatic rings. The Hall–Kier alpha value is -4.07. The number of nitrogens with zero attached hydrogens (tertiary/aromatic N) is 1. The Morgan fingerprint density at radius 2 is 1.65 bits per heavy atom. The highest BCUT2D eigenvalue weighted by atomic mass is 16.5. The van der Waals surface area contributed by atoms with Crippen LogP contribution in [0, 0.1) is 0 Å². The van der Waals surface area contributed by atoms with Gasteiger partial charge in [-0.1, -0.05) is 48.5 Å². The number of hydrogen-bond donors (Lipinski definition) is 3. The van der Waals surface area contributed by atoms with Gasteiger partial charge in [-0.05, 0) is 40.8 Å². The van der Waals surface area contributed by atoms with Gasteiger partial charge in [0.1, 0.15) is 12.6 Å². The summed E-state index contributed by atoms with van der Waals surface area (Å²) in [4.78, 5) is 36.4. The summed E-state index contributed by atoms with van der Waals surface area (Å²) >= 11 is 0. The molecule has 1 aliphatic rings. The quantitative estimate of drug-likeness (QED) is 0.452. The molecule has 0 saturated heterocycles. The Bertz CT molecular complexity index is 1160. The topological polar surface area (TPSA) is 110 Å². The van der Waals surface area contributed by atoms with E-state index in [1.807, 2.05) is 78.5 Å². The van der Waals surface area contributed by atoms with Gasteiger partial charge in [0.15, 0.2) is 0 Å². The van der Waals surface area contributed by atoms with E-state index < -0.39 is 24.0 Å². The first-order chi connectivity index (χ1) is 16.4. The van der Waals surface area contributed by atoms with Crippen LogP contribution in [-0.2, 0) is 27.9 Å². The number of carbonyl (C=O) groups excluding carboxylic acids is 2. The number of amides is 2. The van der Waals surface area contributed by atoms with Crippen LogP contribution < -0.4 is 10.6 Å².